The quantitative estimate of drug-likeness (QED) is 0.879. The maximum Gasteiger partial charge on any atom is 0.160 e. The zero-order valence-corrected chi connectivity index (χ0v) is 11.1. The molecule has 0 saturated heterocycles. The van der Waals surface area contributed by atoms with E-state index in [0.717, 1.165) is 24.3 Å². The summed E-state index contributed by atoms with van der Waals surface area (Å²) < 4.78 is 7.43. The largest absolute Gasteiger partial charge is 0.493 e. The average Bonchev–Trinajstić information content (AvgIpc) is 2.84. The predicted molar refractivity (Wildman–Crippen MR) is 66.3 cm³/mol. The Morgan fingerprint density at radius 3 is 2.65 bits per heavy atom. The summed E-state index contributed by atoms with van der Waals surface area (Å²) >= 11 is 0. The molecule has 4 nitrogen and oxygen atoms in total. The summed E-state index contributed by atoms with van der Waals surface area (Å²) in [6.45, 7) is 6.34. The molecule has 1 N–H and O–H groups in total. The van der Waals surface area contributed by atoms with Crippen LogP contribution >= 0.6 is 0 Å². The molecular weight excluding hydrogens is 216 g/mol. The van der Waals surface area contributed by atoms with Crippen molar-refractivity contribution in [2.45, 2.75) is 51.7 Å². The van der Waals surface area contributed by atoms with E-state index in [-0.39, 0.29) is 12.0 Å². The Morgan fingerprint density at radius 2 is 2.18 bits per heavy atom. The Labute approximate surface area is 103 Å². The highest BCUT2D eigenvalue weighted by Gasteiger charge is 2.36. The summed E-state index contributed by atoms with van der Waals surface area (Å²) in [5, 5.41) is 14.3. The smallest absolute Gasteiger partial charge is 0.160 e. The first-order valence-corrected chi connectivity index (χ1v) is 6.35. The molecule has 0 aliphatic heterocycles. The number of rotatable bonds is 3. The molecule has 1 fully saturated rings. The third kappa shape index (κ3) is 2.06. The number of hydrogen-bond donors (Lipinski definition) is 1. The van der Waals surface area contributed by atoms with Gasteiger partial charge in [-0.05, 0) is 32.6 Å². The SMILES string of the molecule is COc1cnn(C(C)C)c1C1CCC(O)C1C. The Balaban J connectivity index is 2.39. The van der Waals surface area contributed by atoms with Crippen LogP contribution in [0, 0.1) is 5.92 Å². The minimum atomic E-state index is -0.194. The van der Waals surface area contributed by atoms with E-state index >= 15 is 0 Å². The Hall–Kier alpha value is -1.03. The monoisotopic (exact) mass is 238 g/mol. The van der Waals surface area contributed by atoms with Gasteiger partial charge in [-0.2, -0.15) is 5.10 Å². The van der Waals surface area contributed by atoms with Crippen molar-refractivity contribution >= 4 is 0 Å². The predicted octanol–water partition coefficient (Wildman–Crippen LogP) is 2.35. The van der Waals surface area contributed by atoms with Gasteiger partial charge < -0.3 is 9.84 Å². The summed E-state index contributed by atoms with van der Waals surface area (Å²) in [5.74, 6) is 1.48. The Kier molecular flexibility index (Phi) is 3.43. The van der Waals surface area contributed by atoms with Gasteiger partial charge in [-0.3, -0.25) is 4.68 Å². The van der Waals surface area contributed by atoms with E-state index in [2.05, 4.69) is 25.9 Å². The number of aromatic nitrogens is 2. The Morgan fingerprint density at radius 1 is 1.47 bits per heavy atom. The van der Waals surface area contributed by atoms with E-state index in [9.17, 15) is 5.11 Å². The van der Waals surface area contributed by atoms with Gasteiger partial charge in [0.05, 0.1) is 25.1 Å². The fraction of sp³-hybridized carbons (Fsp3) is 0.769. The molecule has 0 spiro atoms. The molecule has 1 aliphatic rings. The lowest BCUT2D eigenvalue weighted by Gasteiger charge is -2.21. The standard InChI is InChI=1S/C13H22N2O2/c1-8(2)15-13(12(17-4)7-14-15)10-5-6-11(16)9(10)3/h7-11,16H,5-6H2,1-4H3. The second-order valence-corrected chi connectivity index (χ2v) is 5.25. The number of aliphatic hydroxyl groups is 1. The van der Waals surface area contributed by atoms with Gasteiger partial charge in [-0.15, -0.1) is 0 Å². The van der Waals surface area contributed by atoms with Crippen LogP contribution < -0.4 is 4.74 Å². The van der Waals surface area contributed by atoms with E-state index in [1.165, 1.54) is 0 Å². The molecule has 1 aliphatic carbocycles. The van der Waals surface area contributed by atoms with Crippen molar-refractivity contribution in [2.75, 3.05) is 7.11 Å². The first kappa shape index (κ1) is 12.4. The highest BCUT2D eigenvalue weighted by atomic mass is 16.5. The zero-order valence-electron chi connectivity index (χ0n) is 11.1. The third-order valence-corrected chi connectivity index (χ3v) is 3.87. The molecule has 1 aromatic heterocycles. The molecule has 0 bridgehead atoms. The summed E-state index contributed by atoms with van der Waals surface area (Å²) in [5.41, 5.74) is 1.14. The minimum absolute atomic E-state index is 0.194. The molecule has 96 valence electrons. The molecule has 1 aromatic rings. The van der Waals surface area contributed by atoms with Crippen LogP contribution in [0.4, 0.5) is 0 Å². The minimum Gasteiger partial charge on any atom is -0.493 e. The van der Waals surface area contributed by atoms with Crippen molar-refractivity contribution in [3.63, 3.8) is 0 Å². The van der Waals surface area contributed by atoms with Crippen molar-refractivity contribution in [2.24, 2.45) is 5.92 Å². The summed E-state index contributed by atoms with van der Waals surface area (Å²) in [6.07, 6.45) is 3.47. The third-order valence-electron chi connectivity index (χ3n) is 3.87. The van der Waals surface area contributed by atoms with Gasteiger partial charge in [0, 0.05) is 12.0 Å². The van der Waals surface area contributed by atoms with Crippen LogP contribution in [0.1, 0.15) is 51.3 Å². The normalized spacial score (nSPS) is 28.9. The van der Waals surface area contributed by atoms with E-state index < -0.39 is 0 Å². The van der Waals surface area contributed by atoms with Gasteiger partial charge in [0.1, 0.15) is 0 Å². The lowest BCUT2D eigenvalue weighted by atomic mass is 9.93. The van der Waals surface area contributed by atoms with Gasteiger partial charge in [0.15, 0.2) is 5.75 Å². The summed E-state index contributed by atoms with van der Waals surface area (Å²) in [4.78, 5) is 0. The number of nitrogens with zero attached hydrogens (tertiary/aromatic N) is 2. The van der Waals surface area contributed by atoms with Crippen molar-refractivity contribution in [3.8, 4) is 5.75 Å². The second kappa shape index (κ2) is 4.69. The van der Waals surface area contributed by atoms with Crippen LogP contribution in [0.15, 0.2) is 6.20 Å². The highest BCUT2D eigenvalue weighted by molar-refractivity contribution is 5.30. The molecule has 3 atom stereocenters. The highest BCUT2D eigenvalue weighted by Crippen LogP contribution is 2.43. The first-order chi connectivity index (χ1) is 8.06. The molecule has 0 aromatic carbocycles. The maximum atomic E-state index is 9.89. The van der Waals surface area contributed by atoms with Crippen LogP contribution in [-0.2, 0) is 0 Å². The fourth-order valence-corrected chi connectivity index (χ4v) is 2.81. The van der Waals surface area contributed by atoms with Gasteiger partial charge in [0.2, 0.25) is 0 Å². The molecule has 0 amide bonds. The molecular formula is C13H22N2O2. The zero-order chi connectivity index (χ0) is 12.6. The van der Waals surface area contributed by atoms with Crippen LogP contribution in [0.2, 0.25) is 0 Å². The Bertz CT molecular complexity index is 387. The molecule has 4 heteroatoms. The van der Waals surface area contributed by atoms with E-state index in [4.69, 9.17) is 4.74 Å². The van der Waals surface area contributed by atoms with Crippen molar-refractivity contribution in [1.29, 1.82) is 0 Å². The fourth-order valence-electron chi connectivity index (χ4n) is 2.81. The van der Waals surface area contributed by atoms with E-state index in [1.54, 1.807) is 13.3 Å². The summed E-state index contributed by atoms with van der Waals surface area (Å²) in [6, 6.07) is 0.318. The van der Waals surface area contributed by atoms with Crippen LogP contribution in [0.25, 0.3) is 0 Å². The van der Waals surface area contributed by atoms with Gasteiger partial charge in [-0.1, -0.05) is 6.92 Å². The molecule has 1 heterocycles. The van der Waals surface area contributed by atoms with Gasteiger partial charge >= 0.3 is 0 Å². The molecule has 17 heavy (non-hydrogen) atoms. The molecule has 0 radical (unpaired) electrons. The lowest BCUT2D eigenvalue weighted by molar-refractivity contribution is 0.135. The van der Waals surface area contributed by atoms with Crippen LogP contribution in [-0.4, -0.2) is 28.1 Å². The summed E-state index contributed by atoms with van der Waals surface area (Å²) in [7, 11) is 1.68. The van der Waals surface area contributed by atoms with Crippen molar-refractivity contribution in [3.05, 3.63) is 11.9 Å². The topological polar surface area (TPSA) is 47.3 Å². The number of aliphatic hydroxyl groups excluding tert-OH is 1. The van der Waals surface area contributed by atoms with Gasteiger partial charge in [-0.25, -0.2) is 0 Å². The maximum absolute atomic E-state index is 9.89. The van der Waals surface area contributed by atoms with Gasteiger partial charge in [0.25, 0.3) is 0 Å². The van der Waals surface area contributed by atoms with Crippen molar-refractivity contribution in [1.82, 2.24) is 9.78 Å². The van der Waals surface area contributed by atoms with E-state index in [1.807, 2.05) is 4.68 Å². The average molecular weight is 238 g/mol. The molecule has 2 rings (SSSR count). The lowest BCUT2D eigenvalue weighted by Crippen LogP contribution is -2.18. The van der Waals surface area contributed by atoms with Crippen LogP contribution in [0.5, 0.6) is 5.75 Å². The van der Waals surface area contributed by atoms with E-state index in [0.29, 0.717) is 12.0 Å². The first-order valence-electron chi connectivity index (χ1n) is 6.35. The molecule has 1 saturated carbocycles. The molecule has 3 unspecified atom stereocenters. The number of methoxy groups -OCH3 is 1. The number of ether oxygens (including phenoxy) is 1. The van der Waals surface area contributed by atoms with Crippen molar-refractivity contribution < 1.29 is 9.84 Å². The number of hydrogen-bond acceptors (Lipinski definition) is 3. The van der Waals surface area contributed by atoms with Crippen LogP contribution in [0.3, 0.4) is 0 Å². The second-order valence-electron chi connectivity index (χ2n) is 5.25.